The minimum Gasteiger partial charge on any atom is -0.494 e. The molecule has 0 fully saturated rings. The predicted molar refractivity (Wildman–Crippen MR) is 91.8 cm³/mol. The molecule has 2 rings (SSSR count). The van der Waals surface area contributed by atoms with Crippen molar-refractivity contribution < 1.29 is 19.0 Å². The van der Waals surface area contributed by atoms with Gasteiger partial charge < -0.3 is 19.9 Å². The number of methoxy groups -OCH3 is 1. The zero-order valence-electron chi connectivity index (χ0n) is 14.3. The maximum absolute atomic E-state index is 13.6. The SMILES string of the molecule is COc1ccc(CNCC(O)c2cccc(OC(C)C)c2)cc1F. The molecule has 0 aliphatic rings. The number of rotatable bonds is 8. The van der Waals surface area contributed by atoms with Crippen LogP contribution < -0.4 is 14.8 Å². The standard InChI is InChI=1S/C19H24FNO3/c1-13(2)24-16-6-4-5-15(10-16)18(22)12-21-11-14-7-8-19(23-3)17(20)9-14/h4-10,13,18,21-22H,11-12H2,1-3H3. The third-order valence-corrected chi connectivity index (χ3v) is 3.50. The van der Waals surface area contributed by atoms with Gasteiger partial charge in [-0.15, -0.1) is 0 Å². The molecule has 4 nitrogen and oxygen atoms in total. The van der Waals surface area contributed by atoms with Gasteiger partial charge in [0.15, 0.2) is 11.6 Å². The Labute approximate surface area is 142 Å². The van der Waals surface area contributed by atoms with Crippen LogP contribution in [0.3, 0.4) is 0 Å². The van der Waals surface area contributed by atoms with E-state index in [1.807, 2.05) is 38.1 Å². The average Bonchev–Trinajstić information content (AvgIpc) is 2.54. The third kappa shape index (κ3) is 5.22. The molecule has 2 aromatic rings. The van der Waals surface area contributed by atoms with Crippen molar-refractivity contribution in [1.29, 1.82) is 0 Å². The molecule has 24 heavy (non-hydrogen) atoms. The lowest BCUT2D eigenvalue weighted by molar-refractivity contribution is 0.173. The summed E-state index contributed by atoms with van der Waals surface area (Å²) in [4.78, 5) is 0. The molecule has 1 atom stereocenters. The molecule has 130 valence electrons. The molecule has 2 N–H and O–H groups in total. The van der Waals surface area contributed by atoms with Gasteiger partial charge in [0.1, 0.15) is 5.75 Å². The van der Waals surface area contributed by atoms with E-state index in [4.69, 9.17) is 9.47 Å². The van der Waals surface area contributed by atoms with Gasteiger partial charge >= 0.3 is 0 Å². The topological polar surface area (TPSA) is 50.7 Å². The van der Waals surface area contributed by atoms with E-state index in [-0.39, 0.29) is 11.9 Å². The first-order chi connectivity index (χ1) is 11.5. The molecule has 0 amide bonds. The van der Waals surface area contributed by atoms with Gasteiger partial charge in [-0.1, -0.05) is 18.2 Å². The van der Waals surface area contributed by atoms with Gasteiger partial charge in [0.05, 0.1) is 19.3 Å². The van der Waals surface area contributed by atoms with E-state index in [0.717, 1.165) is 16.9 Å². The Kier molecular flexibility index (Phi) is 6.58. The van der Waals surface area contributed by atoms with Crippen molar-refractivity contribution in [2.75, 3.05) is 13.7 Å². The number of benzene rings is 2. The van der Waals surface area contributed by atoms with Gasteiger partial charge in [-0.3, -0.25) is 0 Å². The van der Waals surface area contributed by atoms with Crippen LogP contribution in [0.5, 0.6) is 11.5 Å². The van der Waals surface area contributed by atoms with Crippen LogP contribution in [0.4, 0.5) is 4.39 Å². The fraction of sp³-hybridized carbons (Fsp3) is 0.368. The average molecular weight is 333 g/mol. The van der Waals surface area contributed by atoms with Crippen LogP contribution in [0.15, 0.2) is 42.5 Å². The van der Waals surface area contributed by atoms with E-state index in [1.54, 1.807) is 12.1 Å². The molecule has 0 aromatic heterocycles. The Hall–Kier alpha value is -2.11. The number of hydrogen-bond donors (Lipinski definition) is 2. The first-order valence-corrected chi connectivity index (χ1v) is 7.97. The third-order valence-electron chi connectivity index (χ3n) is 3.50. The van der Waals surface area contributed by atoms with E-state index < -0.39 is 11.9 Å². The predicted octanol–water partition coefficient (Wildman–Crippen LogP) is 3.44. The maximum Gasteiger partial charge on any atom is 0.165 e. The first kappa shape index (κ1) is 18.2. The van der Waals surface area contributed by atoms with Crippen molar-refractivity contribution in [2.45, 2.75) is 32.6 Å². The van der Waals surface area contributed by atoms with Crippen LogP contribution in [0.25, 0.3) is 0 Å². The largest absolute Gasteiger partial charge is 0.494 e. The normalized spacial score (nSPS) is 12.2. The summed E-state index contributed by atoms with van der Waals surface area (Å²) in [6, 6.07) is 12.2. The molecule has 0 spiro atoms. The van der Waals surface area contributed by atoms with Gasteiger partial charge in [-0.2, -0.15) is 0 Å². The zero-order valence-corrected chi connectivity index (χ0v) is 14.3. The van der Waals surface area contributed by atoms with E-state index >= 15 is 0 Å². The summed E-state index contributed by atoms with van der Waals surface area (Å²) in [7, 11) is 1.43. The Morgan fingerprint density at radius 3 is 2.62 bits per heavy atom. The number of ether oxygens (including phenoxy) is 2. The summed E-state index contributed by atoms with van der Waals surface area (Å²) in [5.74, 6) is 0.565. The molecule has 0 radical (unpaired) electrons. The number of halogens is 1. The monoisotopic (exact) mass is 333 g/mol. The van der Waals surface area contributed by atoms with E-state index in [2.05, 4.69) is 5.32 Å². The van der Waals surface area contributed by atoms with Gasteiger partial charge in [0.25, 0.3) is 0 Å². The summed E-state index contributed by atoms with van der Waals surface area (Å²) in [5, 5.41) is 13.4. The number of aliphatic hydroxyl groups is 1. The lowest BCUT2D eigenvalue weighted by Gasteiger charge is -2.15. The highest BCUT2D eigenvalue weighted by Crippen LogP contribution is 2.20. The molecule has 0 heterocycles. The fourth-order valence-corrected chi connectivity index (χ4v) is 2.36. The summed E-state index contributed by atoms with van der Waals surface area (Å²) in [5.41, 5.74) is 1.57. The Morgan fingerprint density at radius 2 is 1.96 bits per heavy atom. The second kappa shape index (κ2) is 8.66. The summed E-state index contributed by atoms with van der Waals surface area (Å²) in [6.45, 7) is 4.73. The van der Waals surface area contributed by atoms with E-state index in [0.29, 0.717) is 13.1 Å². The van der Waals surface area contributed by atoms with Crippen molar-refractivity contribution in [3.8, 4) is 11.5 Å². The van der Waals surface area contributed by atoms with Crippen LogP contribution in [-0.4, -0.2) is 24.9 Å². The molecule has 0 saturated carbocycles. The molecule has 0 saturated heterocycles. The summed E-state index contributed by atoms with van der Waals surface area (Å²) in [6.07, 6.45) is -0.579. The lowest BCUT2D eigenvalue weighted by Crippen LogP contribution is -2.21. The van der Waals surface area contributed by atoms with Crippen LogP contribution in [0.1, 0.15) is 31.1 Å². The van der Waals surface area contributed by atoms with E-state index in [1.165, 1.54) is 13.2 Å². The van der Waals surface area contributed by atoms with E-state index in [9.17, 15) is 9.50 Å². The smallest absolute Gasteiger partial charge is 0.165 e. The minimum atomic E-state index is -0.663. The molecule has 0 aliphatic carbocycles. The van der Waals surface area contributed by atoms with Crippen molar-refractivity contribution >= 4 is 0 Å². The summed E-state index contributed by atoms with van der Waals surface area (Å²) < 4.78 is 24.2. The van der Waals surface area contributed by atoms with Crippen LogP contribution in [0, 0.1) is 5.82 Å². The van der Waals surface area contributed by atoms with Crippen molar-refractivity contribution in [3.63, 3.8) is 0 Å². The minimum absolute atomic E-state index is 0.0838. The van der Waals surface area contributed by atoms with Gasteiger partial charge in [0.2, 0.25) is 0 Å². The molecular weight excluding hydrogens is 309 g/mol. The molecule has 2 aromatic carbocycles. The Bertz CT molecular complexity index is 661. The number of aliphatic hydroxyl groups excluding tert-OH is 1. The van der Waals surface area contributed by atoms with Gasteiger partial charge in [-0.05, 0) is 49.2 Å². The molecule has 1 unspecified atom stereocenters. The van der Waals surface area contributed by atoms with Crippen LogP contribution in [0.2, 0.25) is 0 Å². The highest BCUT2D eigenvalue weighted by Gasteiger charge is 2.09. The van der Waals surface area contributed by atoms with Crippen LogP contribution >= 0.6 is 0 Å². The van der Waals surface area contributed by atoms with Crippen molar-refractivity contribution in [3.05, 3.63) is 59.4 Å². The summed E-state index contributed by atoms with van der Waals surface area (Å²) >= 11 is 0. The molecule has 0 aliphatic heterocycles. The second-order valence-electron chi connectivity index (χ2n) is 5.85. The van der Waals surface area contributed by atoms with Crippen molar-refractivity contribution in [1.82, 2.24) is 5.32 Å². The van der Waals surface area contributed by atoms with Gasteiger partial charge in [-0.25, -0.2) is 4.39 Å². The number of nitrogens with one attached hydrogen (secondary N) is 1. The lowest BCUT2D eigenvalue weighted by atomic mass is 10.1. The Balaban J connectivity index is 1.89. The molecule has 5 heteroatoms. The van der Waals surface area contributed by atoms with Crippen molar-refractivity contribution in [2.24, 2.45) is 0 Å². The quantitative estimate of drug-likeness (QED) is 0.777. The molecule has 0 bridgehead atoms. The highest BCUT2D eigenvalue weighted by atomic mass is 19.1. The van der Waals surface area contributed by atoms with Gasteiger partial charge in [0, 0.05) is 13.1 Å². The fourth-order valence-electron chi connectivity index (χ4n) is 2.36. The first-order valence-electron chi connectivity index (χ1n) is 7.97. The zero-order chi connectivity index (χ0) is 17.5. The highest BCUT2D eigenvalue weighted by molar-refractivity contribution is 5.31. The molecular formula is C19H24FNO3. The maximum atomic E-state index is 13.6. The Morgan fingerprint density at radius 1 is 1.17 bits per heavy atom. The second-order valence-corrected chi connectivity index (χ2v) is 5.85. The van der Waals surface area contributed by atoms with Crippen LogP contribution in [-0.2, 0) is 6.54 Å². The number of hydrogen-bond acceptors (Lipinski definition) is 4.